The van der Waals surface area contributed by atoms with Gasteiger partial charge in [-0.25, -0.2) is 0 Å². The molecule has 7 aromatic rings. The van der Waals surface area contributed by atoms with E-state index in [1.54, 1.807) is 6.20 Å². The zero-order valence-corrected chi connectivity index (χ0v) is 30.5. The second-order valence-electron chi connectivity index (χ2n) is 13.0. The van der Waals surface area contributed by atoms with Crippen LogP contribution in [0.5, 0.6) is 0 Å². The number of aromatic nitrogens is 2. The molecule has 0 aliphatic carbocycles. The number of pyridine rings is 2. The van der Waals surface area contributed by atoms with Crippen LogP contribution >= 0.6 is 0 Å². The monoisotopic (exact) mass is 812 g/mol. The molecule has 49 heavy (non-hydrogen) atoms. The summed E-state index contributed by atoms with van der Waals surface area (Å²) in [7, 11) is 0. The molecule has 3 heterocycles. The first-order valence-electron chi connectivity index (χ1n) is 16.3. The van der Waals surface area contributed by atoms with E-state index < -0.39 is 0 Å². The Balaban J connectivity index is 0.000000270. The summed E-state index contributed by atoms with van der Waals surface area (Å²) < 4.78 is 0. The number of nitrogens with zero attached hydrogens (tertiary/aromatic N) is 2. The maximum Gasteiger partial charge on any atom is 0.0381 e. The third-order valence-corrected chi connectivity index (χ3v) is 8.78. The number of para-hydroxylation sites is 1. The van der Waals surface area contributed by atoms with E-state index in [4.69, 9.17) is 4.98 Å². The maximum atomic E-state index is 4.93. The summed E-state index contributed by atoms with van der Waals surface area (Å²) in [5.41, 5.74) is 15.9. The minimum atomic E-state index is -0.0251. The first-order valence-corrected chi connectivity index (χ1v) is 16.3. The standard InChI is InChI=1S/C34H29N2.C11H8N.Ir/c1-22-25-14-10-15-26(22)28-19-24(17-18-32(28)36-31-16-9-8-13-27(25)31)33-20-30(34(2,3)4)29(21-35-33)23-11-6-5-7-12-23;1-2-6-10(7-3-1)11-8-4-5-9-12-11;/h5-16,18-21,36H,1-4H3;1-6,8-9H;/q2*-1;. The minimum absolute atomic E-state index is 0. The summed E-state index contributed by atoms with van der Waals surface area (Å²) in [4.78, 5) is 9.15. The van der Waals surface area contributed by atoms with E-state index in [1.165, 1.54) is 44.5 Å². The molecule has 2 bridgehead atoms. The van der Waals surface area contributed by atoms with Crippen molar-refractivity contribution in [3.63, 3.8) is 0 Å². The first kappa shape index (κ1) is 33.7. The molecule has 0 fully saturated rings. The predicted octanol–water partition coefficient (Wildman–Crippen LogP) is 11.8. The van der Waals surface area contributed by atoms with E-state index in [-0.39, 0.29) is 25.5 Å². The Hall–Kier alpha value is -5.15. The van der Waals surface area contributed by atoms with Gasteiger partial charge in [0.05, 0.1) is 0 Å². The number of rotatable bonds is 3. The largest absolute Gasteiger partial charge is 0.394 e. The number of anilines is 2. The Kier molecular flexibility index (Phi) is 10.0. The fourth-order valence-corrected chi connectivity index (χ4v) is 6.30. The number of benzene rings is 5. The van der Waals surface area contributed by atoms with Crippen LogP contribution in [-0.4, -0.2) is 9.97 Å². The summed E-state index contributed by atoms with van der Waals surface area (Å²) in [5.74, 6) is 0. The van der Waals surface area contributed by atoms with Gasteiger partial charge in [-0.1, -0.05) is 111 Å². The fraction of sp³-hybridized carbons (Fsp3) is 0.111. The molecule has 243 valence electrons. The third kappa shape index (κ3) is 7.17. The summed E-state index contributed by atoms with van der Waals surface area (Å²) in [5, 5.41) is 3.68. The van der Waals surface area contributed by atoms with Crippen molar-refractivity contribution in [1.29, 1.82) is 0 Å². The Morgan fingerprint density at radius 3 is 2.02 bits per heavy atom. The third-order valence-electron chi connectivity index (χ3n) is 8.78. The zero-order valence-electron chi connectivity index (χ0n) is 28.1. The van der Waals surface area contributed by atoms with E-state index >= 15 is 0 Å². The molecule has 0 saturated carbocycles. The molecule has 0 spiro atoms. The van der Waals surface area contributed by atoms with Crippen molar-refractivity contribution in [2.75, 3.05) is 5.32 Å². The smallest absolute Gasteiger partial charge is 0.0381 e. The van der Waals surface area contributed by atoms with Crippen molar-refractivity contribution in [1.82, 2.24) is 9.97 Å². The molecule has 1 N–H and O–H groups in total. The van der Waals surface area contributed by atoms with Crippen LogP contribution in [0.4, 0.5) is 11.4 Å². The van der Waals surface area contributed by atoms with Gasteiger partial charge in [0.15, 0.2) is 0 Å². The SMILES string of the molecule is Cc1c2cccc1-c1cc(-c3cc(C(C)(C)C)c(-c4ccccc4)cn3)[c-]cc1Nc1ccccc1-2.[Ir].[c-]1ccccc1-c1ccccn1. The van der Waals surface area contributed by atoms with Crippen LogP contribution in [0.25, 0.3) is 55.9 Å². The van der Waals surface area contributed by atoms with Crippen LogP contribution in [0, 0.1) is 19.1 Å². The average Bonchev–Trinajstić information content (AvgIpc) is 3.13. The molecule has 0 amide bonds. The van der Waals surface area contributed by atoms with Gasteiger partial charge in [-0.15, -0.1) is 59.7 Å². The molecule has 3 nitrogen and oxygen atoms in total. The molecule has 0 unspecified atom stereocenters. The Morgan fingerprint density at radius 1 is 0.571 bits per heavy atom. The van der Waals surface area contributed by atoms with Gasteiger partial charge in [0.1, 0.15) is 0 Å². The Labute approximate surface area is 303 Å². The van der Waals surface area contributed by atoms with Gasteiger partial charge < -0.3 is 15.3 Å². The van der Waals surface area contributed by atoms with Gasteiger partial charge in [-0.2, -0.15) is 0 Å². The van der Waals surface area contributed by atoms with Crippen LogP contribution in [0.3, 0.4) is 0 Å². The molecular formula is C45H37IrN3-2. The van der Waals surface area contributed by atoms with Crippen molar-refractivity contribution in [3.05, 3.63) is 169 Å². The molecule has 1 radical (unpaired) electrons. The van der Waals surface area contributed by atoms with Gasteiger partial charge in [-0.3, -0.25) is 0 Å². The quantitative estimate of drug-likeness (QED) is 0.181. The summed E-state index contributed by atoms with van der Waals surface area (Å²) >= 11 is 0. The molecule has 0 saturated heterocycles. The van der Waals surface area contributed by atoms with Gasteiger partial charge >= 0.3 is 0 Å². The van der Waals surface area contributed by atoms with Crippen molar-refractivity contribution in [3.8, 4) is 55.9 Å². The van der Waals surface area contributed by atoms with E-state index in [0.29, 0.717) is 0 Å². The molecule has 1 aliphatic heterocycles. The molecule has 2 aromatic heterocycles. The van der Waals surface area contributed by atoms with Gasteiger partial charge in [0, 0.05) is 49.3 Å². The Bertz CT molecular complexity index is 2150. The molecule has 5 aromatic carbocycles. The average molecular weight is 812 g/mol. The van der Waals surface area contributed by atoms with E-state index in [0.717, 1.165) is 33.9 Å². The van der Waals surface area contributed by atoms with Crippen molar-refractivity contribution in [2.45, 2.75) is 33.1 Å². The molecule has 8 rings (SSSR count). The minimum Gasteiger partial charge on any atom is -0.394 e. The van der Waals surface area contributed by atoms with E-state index in [9.17, 15) is 0 Å². The number of hydrogen-bond donors (Lipinski definition) is 1. The van der Waals surface area contributed by atoms with E-state index in [1.807, 2.05) is 48.7 Å². The normalized spacial score (nSPS) is 11.3. The fourth-order valence-electron chi connectivity index (χ4n) is 6.30. The van der Waals surface area contributed by atoms with Crippen LogP contribution in [0.1, 0.15) is 31.9 Å². The molecule has 4 heteroatoms. The molecule has 1 aliphatic rings. The first-order chi connectivity index (χ1) is 23.4. The number of fused-ring (bicyclic) bond motifs is 6. The van der Waals surface area contributed by atoms with Crippen LogP contribution in [0.2, 0.25) is 0 Å². The van der Waals surface area contributed by atoms with Gasteiger partial charge in [0.25, 0.3) is 0 Å². The maximum absolute atomic E-state index is 4.93. The molecular weight excluding hydrogens is 775 g/mol. The zero-order chi connectivity index (χ0) is 33.1. The van der Waals surface area contributed by atoms with Gasteiger partial charge in [0.2, 0.25) is 0 Å². The second kappa shape index (κ2) is 14.5. The summed E-state index contributed by atoms with van der Waals surface area (Å²) in [6.07, 6.45) is 3.81. The van der Waals surface area contributed by atoms with Crippen molar-refractivity contribution < 1.29 is 20.1 Å². The Morgan fingerprint density at radius 2 is 1.29 bits per heavy atom. The summed E-state index contributed by atoms with van der Waals surface area (Å²) in [6.45, 7) is 9.01. The van der Waals surface area contributed by atoms with E-state index in [2.05, 4.69) is 141 Å². The van der Waals surface area contributed by atoms with Crippen molar-refractivity contribution in [2.24, 2.45) is 0 Å². The predicted molar refractivity (Wildman–Crippen MR) is 200 cm³/mol. The summed E-state index contributed by atoms with van der Waals surface area (Å²) in [6, 6.07) is 52.5. The molecule has 0 atom stereocenters. The topological polar surface area (TPSA) is 37.8 Å². The second-order valence-corrected chi connectivity index (χ2v) is 13.0. The number of hydrogen-bond acceptors (Lipinski definition) is 3. The van der Waals surface area contributed by atoms with Crippen LogP contribution < -0.4 is 5.32 Å². The van der Waals surface area contributed by atoms with Crippen LogP contribution in [0.15, 0.2) is 146 Å². The van der Waals surface area contributed by atoms with Crippen LogP contribution in [-0.2, 0) is 25.5 Å². The van der Waals surface area contributed by atoms with Gasteiger partial charge in [-0.05, 0) is 69.4 Å². The van der Waals surface area contributed by atoms with Crippen molar-refractivity contribution >= 4 is 11.4 Å². The number of nitrogens with one attached hydrogen (secondary N) is 1.